The van der Waals surface area contributed by atoms with E-state index < -0.39 is 9.84 Å². The molecule has 0 aliphatic rings. The van der Waals surface area contributed by atoms with E-state index in [1.807, 2.05) is 72.4 Å². The zero-order chi connectivity index (χ0) is 22.5. The largest absolute Gasteiger partial charge is 0.228 e. The van der Waals surface area contributed by atoms with Gasteiger partial charge in [0.2, 0.25) is 0 Å². The molecule has 4 heteroatoms. The summed E-state index contributed by atoms with van der Waals surface area (Å²) in [5, 5.41) is 0. The second kappa shape index (κ2) is 12.9. The zero-order valence-electron chi connectivity index (χ0n) is 18.0. The molecule has 4 aromatic carbocycles. The van der Waals surface area contributed by atoms with Gasteiger partial charge in [-0.05, 0) is 22.3 Å². The van der Waals surface area contributed by atoms with Crippen molar-refractivity contribution in [3.8, 4) is 0 Å². The smallest absolute Gasteiger partial charge is 0.158 e. The van der Waals surface area contributed by atoms with Gasteiger partial charge in [0, 0.05) is 11.5 Å². The second-order valence-corrected chi connectivity index (χ2v) is 10.5. The first-order chi connectivity index (χ1) is 15.6. The number of hydrogen-bond acceptors (Lipinski definition) is 3. The van der Waals surface area contributed by atoms with Gasteiger partial charge in [-0.3, -0.25) is 0 Å². The van der Waals surface area contributed by atoms with E-state index in [9.17, 15) is 8.42 Å². The summed E-state index contributed by atoms with van der Waals surface area (Å²) >= 11 is 1.96. The Labute approximate surface area is 196 Å². The van der Waals surface area contributed by atoms with Gasteiger partial charge in [-0.25, -0.2) is 8.42 Å². The third kappa shape index (κ3) is 9.13. The highest BCUT2D eigenvalue weighted by Crippen LogP contribution is 2.17. The highest BCUT2D eigenvalue weighted by Gasteiger charge is 2.12. The zero-order valence-corrected chi connectivity index (χ0v) is 19.6. The predicted molar refractivity (Wildman–Crippen MR) is 137 cm³/mol. The number of thioether (sulfide) groups is 1. The standard InChI is InChI=1S/C14H14O2S.C14H14S/c15-17(16,11-13-7-3-1-4-8-13)12-14-9-5-2-6-10-14;1-3-7-13(8-4-1)11-15-12-14-9-5-2-6-10-14/h1-10H,11-12H2;1-10H,11-12H2. The lowest BCUT2D eigenvalue weighted by Crippen LogP contribution is -2.07. The lowest BCUT2D eigenvalue weighted by Gasteiger charge is -2.04. The minimum Gasteiger partial charge on any atom is -0.228 e. The van der Waals surface area contributed by atoms with Crippen LogP contribution in [-0.4, -0.2) is 8.42 Å². The summed E-state index contributed by atoms with van der Waals surface area (Å²) in [5.74, 6) is 2.39. The summed E-state index contributed by atoms with van der Waals surface area (Å²) in [6, 6.07) is 39.7. The van der Waals surface area contributed by atoms with E-state index >= 15 is 0 Å². The Bertz CT molecular complexity index is 1040. The molecule has 0 aliphatic carbocycles. The molecular weight excluding hydrogens is 432 g/mol. The lowest BCUT2D eigenvalue weighted by molar-refractivity contribution is 0.594. The molecule has 0 amide bonds. The van der Waals surface area contributed by atoms with Crippen LogP contribution in [0.5, 0.6) is 0 Å². The van der Waals surface area contributed by atoms with Crippen molar-refractivity contribution in [2.75, 3.05) is 0 Å². The van der Waals surface area contributed by atoms with Gasteiger partial charge < -0.3 is 0 Å². The first-order valence-corrected chi connectivity index (χ1v) is 13.5. The molecule has 0 radical (unpaired) electrons. The van der Waals surface area contributed by atoms with Crippen LogP contribution in [0.15, 0.2) is 121 Å². The Kier molecular flexibility index (Phi) is 9.60. The van der Waals surface area contributed by atoms with Gasteiger partial charge in [0.25, 0.3) is 0 Å². The van der Waals surface area contributed by atoms with Crippen molar-refractivity contribution in [3.05, 3.63) is 144 Å². The molecule has 0 saturated heterocycles. The van der Waals surface area contributed by atoms with Gasteiger partial charge in [0.15, 0.2) is 9.84 Å². The quantitative estimate of drug-likeness (QED) is 0.286. The summed E-state index contributed by atoms with van der Waals surface area (Å²) in [6.45, 7) is 0. The summed E-state index contributed by atoms with van der Waals surface area (Å²) in [4.78, 5) is 0. The second-order valence-electron chi connectivity index (χ2n) is 7.47. The van der Waals surface area contributed by atoms with E-state index in [0.29, 0.717) is 0 Å². The van der Waals surface area contributed by atoms with Gasteiger partial charge in [0.1, 0.15) is 0 Å². The third-order valence-corrected chi connectivity index (χ3v) is 7.30. The number of sulfone groups is 1. The van der Waals surface area contributed by atoms with Crippen LogP contribution in [0, 0.1) is 0 Å². The molecular formula is C28H28O2S2. The fourth-order valence-electron chi connectivity index (χ4n) is 3.14. The van der Waals surface area contributed by atoms with E-state index in [1.54, 1.807) is 0 Å². The SMILES string of the molecule is O=S(=O)(Cc1ccccc1)Cc1ccccc1.c1ccc(CSCc2ccccc2)cc1. The average molecular weight is 461 g/mol. The molecule has 2 nitrogen and oxygen atoms in total. The fourth-order valence-corrected chi connectivity index (χ4v) is 5.60. The predicted octanol–water partition coefficient (Wildman–Crippen LogP) is 6.92. The molecule has 0 spiro atoms. The van der Waals surface area contributed by atoms with Crippen LogP contribution in [0.3, 0.4) is 0 Å². The van der Waals surface area contributed by atoms with Crippen LogP contribution in [0.1, 0.15) is 22.3 Å². The van der Waals surface area contributed by atoms with Crippen molar-refractivity contribution in [1.82, 2.24) is 0 Å². The normalized spacial score (nSPS) is 10.8. The van der Waals surface area contributed by atoms with Crippen molar-refractivity contribution in [1.29, 1.82) is 0 Å². The van der Waals surface area contributed by atoms with Crippen LogP contribution in [0.25, 0.3) is 0 Å². The molecule has 0 fully saturated rings. The fraction of sp³-hybridized carbons (Fsp3) is 0.143. The molecule has 4 aromatic rings. The van der Waals surface area contributed by atoms with E-state index in [0.717, 1.165) is 22.6 Å². The molecule has 32 heavy (non-hydrogen) atoms. The van der Waals surface area contributed by atoms with Crippen molar-refractivity contribution >= 4 is 21.6 Å². The van der Waals surface area contributed by atoms with Crippen LogP contribution in [-0.2, 0) is 32.8 Å². The van der Waals surface area contributed by atoms with Crippen LogP contribution < -0.4 is 0 Å². The lowest BCUT2D eigenvalue weighted by atomic mass is 10.2. The van der Waals surface area contributed by atoms with Gasteiger partial charge in [-0.2, -0.15) is 11.8 Å². The number of hydrogen-bond donors (Lipinski definition) is 0. The summed E-state index contributed by atoms with van der Waals surface area (Å²) in [6.07, 6.45) is 0. The molecule has 0 unspecified atom stereocenters. The van der Waals surface area contributed by atoms with Crippen molar-refractivity contribution in [2.45, 2.75) is 23.0 Å². The van der Waals surface area contributed by atoms with Gasteiger partial charge in [0.05, 0.1) is 11.5 Å². The van der Waals surface area contributed by atoms with Crippen molar-refractivity contribution in [3.63, 3.8) is 0 Å². The summed E-state index contributed by atoms with van der Waals surface area (Å²) in [5.41, 5.74) is 4.48. The maximum atomic E-state index is 12.0. The van der Waals surface area contributed by atoms with Crippen LogP contribution in [0.4, 0.5) is 0 Å². The Hall–Kier alpha value is -2.82. The Morgan fingerprint density at radius 2 is 0.719 bits per heavy atom. The van der Waals surface area contributed by atoms with E-state index in [4.69, 9.17) is 0 Å². The van der Waals surface area contributed by atoms with Gasteiger partial charge in [-0.1, -0.05) is 121 Å². The maximum Gasteiger partial charge on any atom is 0.158 e. The maximum absolute atomic E-state index is 12.0. The summed E-state index contributed by atoms with van der Waals surface area (Å²) in [7, 11) is -3.09. The molecule has 0 aromatic heterocycles. The molecule has 4 rings (SSSR count). The minimum atomic E-state index is -3.09. The highest BCUT2D eigenvalue weighted by atomic mass is 32.2. The van der Waals surface area contributed by atoms with E-state index in [-0.39, 0.29) is 11.5 Å². The van der Waals surface area contributed by atoms with Gasteiger partial charge in [-0.15, -0.1) is 0 Å². The average Bonchev–Trinajstić information content (AvgIpc) is 2.82. The van der Waals surface area contributed by atoms with Crippen LogP contribution >= 0.6 is 11.8 Å². The third-order valence-electron chi connectivity index (χ3n) is 4.68. The van der Waals surface area contributed by atoms with Crippen molar-refractivity contribution in [2.24, 2.45) is 0 Å². The Morgan fingerprint density at radius 3 is 1.03 bits per heavy atom. The molecule has 0 atom stereocenters. The van der Waals surface area contributed by atoms with Crippen molar-refractivity contribution < 1.29 is 8.42 Å². The van der Waals surface area contributed by atoms with Gasteiger partial charge >= 0.3 is 0 Å². The molecule has 0 aliphatic heterocycles. The minimum absolute atomic E-state index is 0.0999. The Balaban J connectivity index is 0.000000182. The monoisotopic (exact) mass is 460 g/mol. The summed E-state index contributed by atoms with van der Waals surface area (Å²) < 4.78 is 23.9. The number of benzene rings is 4. The molecule has 164 valence electrons. The first-order valence-electron chi connectivity index (χ1n) is 10.5. The van der Waals surface area contributed by atoms with E-state index in [1.165, 1.54) is 11.1 Å². The van der Waals surface area contributed by atoms with E-state index in [2.05, 4.69) is 60.7 Å². The van der Waals surface area contributed by atoms with Crippen LogP contribution in [0.2, 0.25) is 0 Å². The Morgan fingerprint density at radius 1 is 0.438 bits per heavy atom. The molecule has 0 heterocycles. The molecule has 0 N–H and O–H groups in total. The molecule has 0 bridgehead atoms. The molecule has 0 saturated carbocycles. The first kappa shape index (κ1) is 23.8. The number of rotatable bonds is 8. The highest BCUT2D eigenvalue weighted by molar-refractivity contribution is 7.97. The topological polar surface area (TPSA) is 34.1 Å².